The third-order valence-corrected chi connectivity index (χ3v) is 3.05. The Labute approximate surface area is 121 Å². The second-order valence-corrected chi connectivity index (χ2v) is 5.14. The fourth-order valence-corrected chi connectivity index (χ4v) is 1.72. The number of hydrogen-bond donors (Lipinski definition) is 1. The number of likely N-dealkylation sites (N-methyl/N-ethyl adjacent to an activating group) is 1. The van der Waals surface area contributed by atoms with Crippen LogP contribution >= 0.6 is 11.8 Å². The molecular formula is C13H29NO4S. The van der Waals surface area contributed by atoms with Gasteiger partial charge in [-0.25, -0.2) is 0 Å². The fourth-order valence-electron chi connectivity index (χ4n) is 1.20. The SMILES string of the molecule is CCSCCOCCOCCOCCOCCNC. The van der Waals surface area contributed by atoms with E-state index in [2.05, 4.69) is 12.2 Å². The van der Waals surface area contributed by atoms with Crippen LogP contribution in [0.4, 0.5) is 0 Å². The van der Waals surface area contributed by atoms with Crippen LogP contribution in [0.3, 0.4) is 0 Å². The van der Waals surface area contributed by atoms with Crippen LogP contribution in [0, 0.1) is 0 Å². The Kier molecular flexibility index (Phi) is 18.3. The highest BCUT2D eigenvalue weighted by atomic mass is 32.2. The van der Waals surface area contributed by atoms with Crippen molar-refractivity contribution in [3.63, 3.8) is 0 Å². The minimum Gasteiger partial charge on any atom is -0.378 e. The summed E-state index contributed by atoms with van der Waals surface area (Å²) in [4.78, 5) is 0. The molecule has 0 aliphatic carbocycles. The van der Waals surface area contributed by atoms with Gasteiger partial charge in [0.25, 0.3) is 0 Å². The molecular weight excluding hydrogens is 266 g/mol. The van der Waals surface area contributed by atoms with Gasteiger partial charge in [-0.05, 0) is 12.8 Å². The molecule has 0 aromatic heterocycles. The number of ether oxygens (including phenoxy) is 4. The summed E-state index contributed by atoms with van der Waals surface area (Å²) in [5.74, 6) is 2.21. The molecule has 1 N–H and O–H groups in total. The van der Waals surface area contributed by atoms with Gasteiger partial charge in [-0.1, -0.05) is 6.92 Å². The van der Waals surface area contributed by atoms with Crippen LogP contribution in [-0.4, -0.2) is 78.0 Å². The average molecular weight is 295 g/mol. The zero-order valence-electron chi connectivity index (χ0n) is 12.3. The molecule has 0 aromatic carbocycles. The lowest BCUT2D eigenvalue weighted by Gasteiger charge is -2.07. The van der Waals surface area contributed by atoms with Gasteiger partial charge < -0.3 is 24.3 Å². The number of rotatable bonds is 16. The van der Waals surface area contributed by atoms with Crippen molar-refractivity contribution >= 4 is 11.8 Å². The van der Waals surface area contributed by atoms with E-state index in [1.165, 1.54) is 0 Å². The van der Waals surface area contributed by atoms with Gasteiger partial charge in [0.1, 0.15) is 0 Å². The normalized spacial score (nSPS) is 11.1. The topological polar surface area (TPSA) is 49.0 Å². The molecule has 0 aromatic rings. The van der Waals surface area contributed by atoms with Crippen LogP contribution in [0.2, 0.25) is 0 Å². The first-order valence-corrected chi connectivity index (χ1v) is 8.10. The van der Waals surface area contributed by atoms with Gasteiger partial charge >= 0.3 is 0 Å². The van der Waals surface area contributed by atoms with Crippen LogP contribution < -0.4 is 5.32 Å². The summed E-state index contributed by atoms with van der Waals surface area (Å²) in [6, 6.07) is 0. The molecule has 19 heavy (non-hydrogen) atoms. The maximum absolute atomic E-state index is 5.41. The van der Waals surface area contributed by atoms with Crippen molar-refractivity contribution in [3.8, 4) is 0 Å². The van der Waals surface area contributed by atoms with Gasteiger partial charge in [-0.15, -0.1) is 0 Å². The molecule has 0 radical (unpaired) electrons. The van der Waals surface area contributed by atoms with Gasteiger partial charge in [0.15, 0.2) is 0 Å². The Morgan fingerprint density at radius 1 is 0.737 bits per heavy atom. The molecule has 0 saturated carbocycles. The molecule has 0 fully saturated rings. The maximum Gasteiger partial charge on any atom is 0.0701 e. The third-order valence-electron chi connectivity index (χ3n) is 2.19. The van der Waals surface area contributed by atoms with E-state index in [0.717, 1.165) is 31.3 Å². The van der Waals surface area contributed by atoms with Crippen molar-refractivity contribution in [2.75, 3.05) is 78.0 Å². The molecule has 0 aliphatic heterocycles. The van der Waals surface area contributed by atoms with Gasteiger partial charge in [0.05, 0.1) is 52.9 Å². The fraction of sp³-hybridized carbons (Fsp3) is 1.00. The van der Waals surface area contributed by atoms with Gasteiger partial charge in [0, 0.05) is 12.3 Å². The smallest absolute Gasteiger partial charge is 0.0701 e. The van der Waals surface area contributed by atoms with Crippen molar-refractivity contribution < 1.29 is 18.9 Å². The second-order valence-electron chi connectivity index (χ2n) is 3.75. The number of hydrogen-bond acceptors (Lipinski definition) is 6. The molecule has 0 heterocycles. The summed E-state index contributed by atoms with van der Waals surface area (Å²) in [5, 5.41) is 3.02. The lowest BCUT2D eigenvalue weighted by molar-refractivity contribution is 0.000257. The molecule has 0 amide bonds. The second kappa shape index (κ2) is 18.1. The van der Waals surface area contributed by atoms with Gasteiger partial charge in [-0.3, -0.25) is 0 Å². The lowest BCUT2D eigenvalue weighted by Crippen LogP contribution is -2.17. The van der Waals surface area contributed by atoms with E-state index >= 15 is 0 Å². The molecule has 0 saturated heterocycles. The van der Waals surface area contributed by atoms with E-state index in [-0.39, 0.29) is 0 Å². The molecule has 0 atom stereocenters. The highest BCUT2D eigenvalue weighted by molar-refractivity contribution is 7.99. The molecule has 0 rings (SSSR count). The van der Waals surface area contributed by atoms with Crippen molar-refractivity contribution in [1.29, 1.82) is 0 Å². The first-order chi connectivity index (χ1) is 9.41. The zero-order chi connectivity index (χ0) is 14.0. The third kappa shape index (κ3) is 18.1. The van der Waals surface area contributed by atoms with Crippen molar-refractivity contribution in [1.82, 2.24) is 5.32 Å². The molecule has 5 nitrogen and oxygen atoms in total. The lowest BCUT2D eigenvalue weighted by atomic mass is 10.6. The van der Waals surface area contributed by atoms with Gasteiger partial charge in [-0.2, -0.15) is 11.8 Å². The van der Waals surface area contributed by atoms with Crippen molar-refractivity contribution in [2.45, 2.75) is 6.92 Å². The van der Waals surface area contributed by atoms with Crippen LogP contribution in [0.15, 0.2) is 0 Å². The van der Waals surface area contributed by atoms with E-state index in [1.807, 2.05) is 18.8 Å². The Morgan fingerprint density at radius 3 is 1.68 bits per heavy atom. The molecule has 0 spiro atoms. The average Bonchev–Trinajstić information content (AvgIpc) is 2.43. The van der Waals surface area contributed by atoms with E-state index < -0.39 is 0 Å². The first-order valence-electron chi connectivity index (χ1n) is 6.95. The largest absolute Gasteiger partial charge is 0.378 e. The van der Waals surface area contributed by atoms with Crippen LogP contribution in [0.25, 0.3) is 0 Å². The minimum absolute atomic E-state index is 0.612. The summed E-state index contributed by atoms with van der Waals surface area (Å²) in [6.45, 7) is 8.35. The van der Waals surface area contributed by atoms with E-state index in [1.54, 1.807) is 0 Å². The van der Waals surface area contributed by atoms with Crippen LogP contribution in [0.1, 0.15) is 6.92 Å². The molecule has 0 aliphatic rings. The first kappa shape index (κ1) is 19.1. The Hall–Kier alpha value is 0.150. The Balaban J connectivity index is 2.88. The van der Waals surface area contributed by atoms with Crippen molar-refractivity contribution in [3.05, 3.63) is 0 Å². The predicted molar refractivity (Wildman–Crippen MR) is 80.2 cm³/mol. The van der Waals surface area contributed by atoms with E-state index in [0.29, 0.717) is 39.6 Å². The maximum atomic E-state index is 5.41. The highest BCUT2D eigenvalue weighted by Gasteiger charge is 1.92. The number of nitrogens with one attached hydrogen (secondary N) is 1. The summed E-state index contributed by atoms with van der Waals surface area (Å²) in [5.41, 5.74) is 0. The summed E-state index contributed by atoms with van der Waals surface area (Å²) >= 11 is 1.89. The zero-order valence-corrected chi connectivity index (χ0v) is 13.1. The summed E-state index contributed by atoms with van der Waals surface area (Å²) < 4.78 is 21.5. The van der Waals surface area contributed by atoms with E-state index in [4.69, 9.17) is 18.9 Å². The summed E-state index contributed by atoms with van der Waals surface area (Å²) in [7, 11) is 1.91. The summed E-state index contributed by atoms with van der Waals surface area (Å²) in [6.07, 6.45) is 0. The predicted octanol–water partition coefficient (Wildman–Crippen LogP) is 1.03. The van der Waals surface area contributed by atoms with Crippen molar-refractivity contribution in [2.24, 2.45) is 0 Å². The highest BCUT2D eigenvalue weighted by Crippen LogP contribution is 1.96. The minimum atomic E-state index is 0.612. The Bertz CT molecular complexity index is 148. The standard InChI is InChI=1S/C13H29NO4S/c1-3-19-13-12-18-11-10-17-9-8-16-7-6-15-5-4-14-2/h14H,3-13H2,1-2H3. The van der Waals surface area contributed by atoms with Crippen LogP contribution in [-0.2, 0) is 18.9 Å². The molecule has 0 bridgehead atoms. The number of thioether (sulfide) groups is 1. The Morgan fingerprint density at radius 2 is 1.21 bits per heavy atom. The quantitative estimate of drug-likeness (QED) is 0.429. The monoisotopic (exact) mass is 295 g/mol. The van der Waals surface area contributed by atoms with E-state index in [9.17, 15) is 0 Å². The molecule has 0 unspecified atom stereocenters. The molecule has 6 heteroatoms. The van der Waals surface area contributed by atoms with Gasteiger partial charge in [0.2, 0.25) is 0 Å². The van der Waals surface area contributed by atoms with Crippen LogP contribution in [0.5, 0.6) is 0 Å². The molecule has 116 valence electrons.